The molecule has 0 amide bonds. The van der Waals surface area contributed by atoms with Crippen LogP contribution in [-0.4, -0.2) is 20.5 Å². The van der Waals surface area contributed by atoms with Crippen molar-refractivity contribution in [2.24, 2.45) is 11.8 Å². The summed E-state index contributed by atoms with van der Waals surface area (Å²) in [6.07, 6.45) is 0.200. The van der Waals surface area contributed by atoms with E-state index in [-0.39, 0.29) is 24.4 Å². The standard InChI is InChI=1S/C14H20F3N3O/c15-14(16,17)11-6-4-10(5-7-11)9-20-13(21)19-8-2-1-3-12(19)18-20/h10-11H,1-9H2. The molecule has 0 spiro atoms. The summed E-state index contributed by atoms with van der Waals surface area (Å²) >= 11 is 0. The summed E-state index contributed by atoms with van der Waals surface area (Å²) in [5, 5.41) is 4.36. The smallest absolute Gasteiger partial charge is 0.279 e. The van der Waals surface area contributed by atoms with Gasteiger partial charge in [0.05, 0.1) is 5.92 Å². The number of fused-ring (bicyclic) bond motifs is 1. The zero-order chi connectivity index (χ0) is 15.0. The lowest BCUT2D eigenvalue weighted by Crippen LogP contribution is -2.32. The molecule has 2 aliphatic rings. The molecule has 118 valence electrons. The lowest BCUT2D eigenvalue weighted by atomic mass is 9.81. The minimum absolute atomic E-state index is 0.0948. The predicted octanol–water partition coefficient (Wildman–Crippen LogP) is 2.75. The first-order chi connectivity index (χ1) is 9.95. The molecule has 0 saturated heterocycles. The Labute approximate surface area is 120 Å². The number of hydrogen-bond donors (Lipinski definition) is 0. The maximum atomic E-state index is 12.6. The summed E-state index contributed by atoms with van der Waals surface area (Å²) < 4.78 is 41.1. The number of halogens is 3. The SMILES string of the molecule is O=c1n(CC2CCC(C(F)(F)F)CC2)nc2n1CCCC2. The summed E-state index contributed by atoms with van der Waals surface area (Å²) in [4.78, 5) is 12.2. The maximum Gasteiger partial charge on any atom is 0.391 e. The Hall–Kier alpha value is -1.27. The van der Waals surface area contributed by atoms with Gasteiger partial charge in [-0.2, -0.15) is 18.3 Å². The highest BCUT2D eigenvalue weighted by molar-refractivity contribution is 4.91. The van der Waals surface area contributed by atoms with Gasteiger partial charge in [-0.3, -0.25) is 4.57 Å². The van der Waals surface area contributed by atoms with Crippen molar-refractivity contribution >= 4 is 0 Å². The van der Waals surface area contributed by atoms with E-state index in [1.165, 1.54) is 4.68 Å². The first kappa shape index (κ1) is 14.7. The molecule has 0 N–H and O–H groups in total. The Bertz CT molecular complexity index is 553. The molecule has 0 unspecified atom stereocenters. The van der Waals surface area contributed by atoms with Gasteiger partial charge in [0.15, 0.2) is 0 Å². The fourth-order valence-corrected chi connectivity index (χ4v) is 3.48. The van der Waals surface area contributed by atoms with Crippen LogP contribution in [0.4, 0.5) is 13.2 Å². The van der Waals surface area contributed by atoms with Gasteiger partial charge < -0.3 is 0 Å². The third kappa shape index (κ3) is 3.01. The van der Waals surface area contributed by atoms with Gasteiger partial charge in [0.2, 0.25) is 0 Å². The molecule has 21 heavy (non-hydrogen) atoms. The molecule has 1 aromatic heterocycles. The van der Waals surface area contributed by atoms with E-state index < -0.39 is 12.1 Å². The molecule has 0 atom stereocenters. The number of hydrogen-bond acceptors (Lipinski definition) is 2. The average molecular weight is 303 g/mol. The lowest BCUT2D eigenvalue weighted by molar-refractivity contribution is -0.184. The molecule has 0 radical (unpaired) electrons. The second kappa shape index (κ2) is 5.50. The van der Waals surface area contributed by atoms with E-state index in [1.807, 2.05) is 0 Å². The molecule has 1 aliphatic heterocycles. The maximum absolute atomic E-state index is 12.6. The van der Waals surface area contributed by atoms with Gasteiger partial charge in [-0.15, -0.1) is 0 Å². The second-order valence-corrected chi connectivity index (χ2v) is 6.25. The van der Waals surface area contributed by atoms with Gasteiger partial charge in [-0.1, -0.05) is 0 Å². The van der Waals surface area contributed by atoms with Crippen LogP contribution in [0, 0.1) is 11.8 Å². The highest BCUT2D eigenvalue weighted by Gasteiger charge is 2.41. The third-order valence-electron chi connectivity index (χ3n) is 4.77. The Morgan fingerprint density at radius 3 is 2.48 bits per heavy atom. The molecule has 0 aromatic carbocycles. The van der Waals surface area contributed by atoms with Gasteiger partial charge in [-0.05, 0) is 44.4 Å². The van der Waals surface area contributed by atoms with Crippen LogP contribution in [-0.2, 0) is 19.5 Å². The van der Waals surface area contributed by atoms with Gasteiger partial charge >= 0.3 is 11.9 Å². The van der Waals surface area contributed by atoms with E-state index in [0.717, 1.165) is 31.6 Å². The second-order valence-electron chi connectivity index (χ2n) is 6.25. The Morgan fingerprint density at radius 1 is 1.14 bits per heavy atom. The lowest BCUT2D eigenvalue weighted by Gasteiger charge is -2.29. The highest BCUT2D eigenvalue weighted by Crippen LogP contribution is 2.39. The van der Waals surface area contributed by atoms with Crippen molar-refractivity contribution in [1.29, 1.82) is 0 Å². The summed E-state index contributed by atoms with van der Waals surface area (Å²) in [6, 6.07) is 0. The molecule has 0 bridgehead atoms. The Kier molecular flexibility index (Phi) is 3.84. The zero-order valence-electron chi connectivity index (χ0n) is 11.9. The molecule has 1 aliphatic carbocycles. The summed E-state index contributed by atoms with van der Waals surface area (Å²) in [5.74, 6) is -0.200. The van der Waals surface area contributed by atoms with Crippen molar-refractivity contribution < 1.29 is 13.2 Å². The molecule has 1 saturated carbocycles. The minimum Gasteiger partial charge on any atom is -0.279 e. The highest BCUT2D eigenvalue weighted by atomic mass is 19.4. The Balaban J connectivity index is 1.64. The van der Waals surface area contributed by atoms with Crippen LogP contribution >= 0.6 is 0 Å². The summed E-state index contributed by atoms with van der Waals surface area (Å²) in [6.45, 7) is 1.18. The van der Waals surface area contributed by atoms with Gasteiger partial charge in [0.1, 0.15) is 5.82 Å². The largest absolute Gasteiger partial charge is 0.391 e. The Morgan fingerprint density at radius 2 is 1.86 bits per heavy atom. The molecular formula is C14H20F3N3O. The van der Waals surface area contributed by atoms with Gasteiger partial charge in [-0.25, -0.2) is 9.48 Å². The molecular weight excluding hydrogens is 283 g/mol. The number of nitrogens with zero attached hydrogens (tertiary/aromatic N) is 3. The van der Waals surface area contributed by atoms with E-state index in [0.29, 0.717) is 19.4 Å². The number of alkyl halides is 3. The normalized spacial score (nSPS) is 26.6. The van der Waals surface area contributed by atoms with Crippen LogP contribution in [0.25, 0.3) is 0 Å². The molecule has 1 fully saturated rings. The van der Waals surface area contributed by atoms with Crippen molar-refractivity contribution in [3.63, 3.8) is 0 Å². The van der Waals surface area contributed by atoms with E-state index in [4.69, 9.17) is 0 Å². The van der Waals surface area contributed by atoms with Crippen molar-refractivity contribution in [3.05, 3.63) is 16.3 Å². The summed E-state index contributed by atoms with van der Waals surface area (Å²) in [5.41, 5.74) is -0.0948. The summed E-state index contributed by atoms with van der Waals surface area (Å²) in [7, 11) is 0. The van der Waals surface area contributed by atoms with E-state index in [2.05, 4.69) is 5.10 Å². The number of rotatable bonds is 2. The van der Waals surface area contributed by atoms with Crippen molar-refractivity contribution in [3.8, 4) is 0 Å². The van der Waals surface area contributed by atoms with Crippen LogP contribution in [0.2, 0.25) is 0 Å². The van der Waals surface area contributed by atoms with Crippen molar-refractivity contribution in [2.75, 3.05) is 0 Å². The number of aryl methyl sites for hydroxylation is 1. The number of aromatic nitrogens is 3. The van der Waals surface area contributed by atoms with Crippen LogP contribution in [0.5, 0.6) is 0 Å². The quantitative estimate of drug-likeness (QED) is 0.843. The van der Waals surface area contributed by atoms with Gasteiger partial charge in [0, 0.05) is 19.5 Å². The van der Waals surface area contributed by atoms with Crippen LogP contribution in [0.15, 0.2) is 4.79 Å². The van der Waals surface area contributed by atoms with Crippen LogP contribution in [0.3, 0.4) is 0 Å². The molecule has 2 heterocycles. The first-order valence-corrected chi connectivity index (χ1v) is 7.68. The van der Waals surface area contributed by atoms with Crippen LogP contribution < -0.4 is 5.69 Å². The molecule has 1 aromatic rings. The monoisotopic (exact) mass is 303 g/mol. The molecule has 3 rings (SSSR count). The third-order valence-corrected chi connectivity index (χ3v) is 4.77. The van der Waals surface area contributed by atoms with E-state index >= 15 is 0 Å². The molecule has 7 heteroatoms. The fourth-order valence-electron chi connectivity index (χ4n) is 3.48. The molecule has 4 nitrogen and oxygen atoms in total. The van der Waals surface area contributed by atoms with E-state index in [1.54, 1.807) is 4.57 Å². The van der Waals surface area contributed by atoms with Crippen LogP contribution in [0.1, 0.15) is 44.3 Å². The van der Waals surface area contributed by atoms with Crippen molar-refractivity contribution in [1.82, 2.24) is 14.3 Å². The van der Waals surface area contributed by atoms with E-state index in [9.17, 15) is 18.0 Å². The first-order valence-electron chi connectivity index (χ1n) is 7.68. The predicted molar refractivity (Wildman–Crippen MR) is 70.9 cm³/mol. The topological polar surface area (TPSA) is 39.8 Å². The van der Waals surface area contributed by atoms with Crippen molar-refractivity contribution in [2.45, 2.75) is 64.2 Å². The zero-order valence-corrected chi connectivity index (χ0v) is 11.9. The fraction of sp³-hybridized carbons (Fsp3) is 0.857. The minimum atomic E-state index is -4.07. The average Bonchev–Trinajstić information content (AvgIpc) is 2.76. The van der Waals surface area contributed by atoms with Gasteiger partial charge in [0.25, 0.3) is 0 Å².